The molecule has 2 nitrogen and oxygen atoms in total. The summed E-state index contributed by atoms with van der Waals surface area (Å²) < 4.78 is 5.60. The molecular weight excluding hydrogens is 218 g/mol. The highest BCUT2D eigenvalue weighted by Gasteiger charge is 2.24. The van der Waals surface area contributed by atoms with Crippen LogP contribution in [0.2, 0.25) is 0 Å². The average molecular weight is 236 g/mol. The number of nitrogens with zero attached hydrogens (tertiary/aromatic N) is 1. The highest BCUT2D eigenvalue weighted by molar-refractivity contribution is 9.09. The summed E-state index contributed by atoms with van der Waals surface area (Å²) in [4.78, 5) is 2.52. The Morgan fingerprint density at radius 2 is 2.33 bits per heavy atom. The Morgan fingerprint density at radius 1 is 1.58 bits per heavy atom. The van der Waals surface area contributed by atoms with Crippen molar-refractivity contribution < 1.29 is 4.74 Å². The maximum atomic E-state index is 5.60. The second-order valence-electron chi connectivity index (χ2n) is 3.39. The van der Waals surface area contributed by atoms with E-state index in [9.17, 15) is 0 Å². The first-order chi connectivity index (χ1) is 5.77. The fourth-order valence-electron chi connectivity index (χ4n) is 1.67. The summed E-state index contributed by atoms with van der Waals surface area (Å²) in [5.74, 6) is 0. The minimum absolute atomic E-state index is 0.409. The van der Waals surface area contributed by atoms with E-state index in [-0.39, 0.29) is 0 Å². The van der Waals surface area contributed by atoms with Crippen molar-refractivity contribution in [1.82, 2.24) is 4.90 Å². The Balaban J connectivity index is 2.40. The van der Waals surface area contributed by atoms with E-state index < -0.39 is 0 Å². The van der Waals surface area contributed by atoms with Crippen LogP contribution in [0.4, 0.5) is 0 Å². The van der Waals surface area contributed by atoms with Crippen LogP contribution in [-0.4, -0.2) is 42.1 Å². The van der Waals surface area contributed by atoms with Gasteiger partial charge in [-0.05, 0) is 13.3 Å². The number of morpholine rings is 1. The molecule has 3 heteroatoms. The quantitative estimate of drug-likeness (QED) is 0.694. The third-order valence-electron chi connectivity index (χ3n) is 2.42. The van der Waals surface area contributed by atoms with Crippen LogP contribution in [0.3, 0.4) is 0 Å². The van der Waals surface area contributed by atoms with E-state index >= 15 is 0 Å². The fraction of sp³-hybridized carbons (Fsp3) is 1.00. The molecule has 1 fully saturated rings. The highest BCUT2D eigenvalue weighted by Crippen LogP contribution is 2.13. The predicted molar refractivity (Wildman–Crippen MR) is 54.9 cm³/mol. The third kappa shape index (κ3) is 2.71. The van der Waals surface area contributed by atoms with Crippen molar-refractivity contribution in [2.45, 2.75) is 32.4 Å². The van der Waals surface area contributed by atoms with E-state index in [4.69, 9.17) is 4.74 Å². The lowest BCUT2D eigenvalue weighted by Crippen LogP contribution is -2.49. The Bertz CT molecular complexity index is 132. The van der Waals surface area contributed by atoms with Crippen molar-refractivity contribution in [3.05, 3.63) is 0 Å². The molecule has 0 saturated carbocycles. The molecule has 72 valence electrons. The molecule has 12 heavy (non-hydrogen) atoms. The Labute approximate surface area is 83.4 Å². The van der Waals surface area contributed by atoms with Crippen LogP contribution in [0.5, 0.6) is 0 Å². The Kier molecular flexibility index (Phi) is 4.54. The van der Waals surface area contributed by atoms with Crippen molar-refractivity contribution in [2.75, 3.05) is 25.0 Å². The number of rotatable bonds is 3. The molecule has 1 aliphatic heterocycles. The first-order valence-corrected chi connectivity index (χ1v) is 5.81. The van der Waals surface area contributed by atoms with Crippen LogP contribution in [0.15, 0.2) is 0 Å². The molecule has 1 heterocycles. The van der Waals surface area contributed by atoms with Gasteiger partial charge in [0.2, 0.25) is 0 Å². The van der Waals surface area contributed by atoms with Crippen molar-refractivity contribution in [1.29, 1.82) is 0 Å². The van der Waals surface area contributed by atoms with Crippen LogP contribution in [-0.2, 0) is 4.74 Å². The van der Waals surface area contributed by atoms with E-state index in [1.54, 1.807) is 0 Å². The molecule has 0 N–H and O–H groups in total. The SMILES string of the molecule is CCC1COC(C)CN1CCBr. The minimum Gasteiger partial charge on any atom is -0.376 e. The lowest BCUT2D eigenvalue weighted by Gasteiger charge is -2.37. The minimum atomic E-state index is 0.409. The number of alkyl halides is 1. The van der Waals surface area contributed by atoms with E-state index in [0.717, 1.165) is 25.0 Å². The molecule has 0 aromatic heterocycles. The van der Waals surface area contributed by atoms with Crippen molar-refractivity contribution >= 4 is 15.9 Å². The van der Waals surface area contributed by atoms with Gasteiger partial charge in [-0.15, -0.1) is 0 Å². The molecule has 0 aromatic carbocycles. The first kappa shape index (κ1) is 10.5. The van der Waals surface area contributed by atoms with Gasteiger partial charge in [-0.1, -0.05) is 22.9 Å². The van der Waals surface area contributed by atoms with Gasteiger partial charge in [0.05, 0.1) is 12.7 Å². The number of hydrogen-bond donors (Lipinski definition) is 0. The number of hydrogen-bond acceptors (Lipinski definition) is 2. The Hall–Kier alpha value is 0.400. The number of halogens is 1. The molecule has 0 bridgehead atoms. The zero-order valence-corrected chi connectivity index (χ0v) is 9.51. The zero-order valence-electron chi connectivity index (χ0n) is 7.92. The maximum absolute atomic E-state index is 5.60. The van der Waals surface area contributed by atoms with Gasteiger partial charge in [-0.3, -0.25) is 4.90 Å². The highest BCUT2D eigenvalue weighted by atomic mass is 79.9. The van der Waals surface area contributed by atoms with Gasteiger partial charge >= 0.3 is 0 Å². The molecule has 1 rings (SSSR count). The topological polar surface area (TPSA) is 12.5 Å². The van der Waals surface area contributed by atoms with Crippen LogP contribution in [0, 0.1) is 0 Å². The summed E-state index contributed by atoms with van der Waals surface area (Å²) in [6.45, 7) is 7.51. The van der Waals surface area contributed by atoms with Crippen LogP contribution in [0.1, 0.15) is 20.3 Å². The normalized spacial score (nSPS) is 32.2. The average Bonchev–Trinajstić information content (AvgIpc) is 2.05. The summed E-state index contributed by atoms with van der Waals surface area (Å²) >= 11 is 3.48. The van der Waals surface area contributed by atoms with Gasteiger partial charge in [0, 0.05) is 24.5 Å². The molecule has 1 aliphatic rings. The van der Waals surface area contributed by atoms with Crippen molar-refractivity contribution in [3.8, 4) is 0 Å². The van der Waals surface area contributed by atoms with Gasteiger partial charge in [0.15, 0.2) is 0 Å². The first-order valence-electron chi connectivity index (χ1n) is 4.69. The number of ether oxygens (including phenoxy) is 1. The predicted octanol–water partition coefficient (Wildman–Crippen LogP) is 1.88. The van der Waals surface area contributed by atoms with Crippen molar-refractivity contribution in [2.24, 2.45) is 0 Å². The van der Waals surface area contributed by atoms with Gasteiger partial charge < -0.3 is 4.74 Å². The lowest BCUT2D eigenvalue weighted by atomic mass is 10.1. The summed E-state index contributed by atoms with van der Waals surface area (Å²) in [7, 11) is 0. The lowest BCUT2D eigenvalue weighted by molar-refractivity contribution is -0.0531. The van der Waals surface area contributed by atoms with E-state index in [0.29, 0.717) is 12.1 Å². The van der Waals surface area contributed by atoms with E-state index in [2.05, 4.69) is 34.7 Å². The second-order valence-corrected chi connectivity index (χ2v) is 4.18. The molecule has 0 spiro atoms. The summed E-state index contributed by atoms with van der Waals surface area (Å²) in [5.41, 5.74) is 0. The maximum Gasteiger partial charge on any atom is 0.0674 e. The summed E-state index contributed by atoms with van der Waals surface area (Å²) in [6.07, 6.45) is 1.60. The van der Waals surface area contributed by atoms with Gasteiger partial charge in [0.25, 0.3) is 0 Å². The Morgan fingerprint density at radius 3 is 2.92 bits per heavy atom. The standard InChI is InChI=1S/C9H18BrNO/c1-3-9-7-12-8(2)6-11(9)5-4-10/h8-9H,3-7H2,1-2H3. The third-order valence-corrected chi connectivity index (χ3v) is 2.78. The zero-order chi connectivity index (χ0) is 8.97. The largest absolute Gasteiger partial charge is 0.376 e. The summed E-state index contributed by atoms with van der Waals surface area (Å²) in [6, 6.07) is 0.638. The molecule has 0 aliphatic carbocycles. The second kappa shape index (κ2) is 5.20. The summed E-state index contributed by atoms with van der Waals surface area (Å²) in [5, 5.41) is 1.07. The van der Waals surface area contributed by atoms with Gasteiger partial charge in [0.1, 0.15) is 0 Å². The fourth-order valence-corrected chi connectivity index (χ4v) is 2.13. The van der Waals surface area contributed by atoms with Gasteiger partial charge in [-0.2, -0.15) is 0 Å². The molecule has 2 unspecified atom stereocenters. The molecule has 0 radical (unpaired) electrons. The van der Waals surface area contributed by atoms with Crippen LogP contribution < -0.4 is 0 Å². The molecular formula is C9H18BrNO. The smallest absolute Gasteiger partial charge is 0.0674 e. The molecule has 2 atom stereocenters. The van der Waals surface area contributed by atoms with E-state index in [1.807, 2.05) is 0 Å². The van der Waals surface area contributed by atoms with Crippen molar-refractivity contribution in [3.63, 3.8) is 0 Å². The van der Waals surface area contributed by atoms with Gasteiger partial charge in [-0.25, -0.2) is 0 Å². The van der Waals surface area contributed by atoms with Crippen LogP contribution in [0.25, 0.3) is 0 Å². The van der Waals surface area contributed by atoms with Crippen LogP contribution >= 0.6 is 15.9 Å². The van der Waals surface area contributed by atoms with E-state index in [1.165, 1.54) is 6.42 Å². The monoisotopic (exact) mass is 235 g/mol. The molecule has 1 saturated heterocycles. The molecule has 0 aromatic rings. The molecule has 0 amide bonds.